The molecule has 0 amide bonds. The van der Waals surface area contributed by atoms with Crippen molar-refractivity contribution >= 4 is 21.2 Å². The van der Waals surface area contributed by atoms with Crippen molar-refractivity contribution in [3.63, 3.8) is 0 Å². The third kappa shape index (κ3) is 4.01. The topological polar surface area (TPSA) is 104 Å². The fourth-order valence-corrected chi connectivity index (χ4v) is 3.32. The highest BCUT2D eigenvalue weighted by molar-refractivity contribution is 7.85. The lowest BCUT2D eigenvalue weighted by molar-refractivity contribution is 0.437. The second kappa shape index (κ2) is 4.67. The summed E-state index contributed by atoms with van der Waals surface area (Å²) in [7, 11) is -4.00. The van der Waals surface area contributed by atoms with Gasteiger partial charge in [-0.05, 0) is 24.9 Å². The number of rotatable bonds is 4. The summed E-state index contributed by atoms with van der Waals surface area (Å²) in [6.07, 6.45) is 0. The second-order valence-electron chi connectivity index (χ2n) is 3.42. The fourth-order valence-electron chi connectivity index (χ4n) is 1.63. The van der Waals surface area contributed by atoms with Crippen molar-refractivity contribution in [2.24, 2.45) is 11.8 Å². The average molecular weight is 243 g/mol. The van der Waals surface area contributed by atoms with Crippen LogP contribution in [0.5, 0.6) is 0 Å². The zero-order valence-corrected chi connectivity index (χ0v) is 9.05. The minimum atomic E-state index is -4.00. The van der Waals surface area contributed by atoms with Gasteiger partial charge in [-0.15, -0.1) is 0 Å². The first-order chi connectivity index (χ1) is 6.38. The van der Waals surface area contributed by atoms with Gasteiger partial charge in [0.05, 0.1) is 11.5 Å². The maximum Gasteiger partial charge on any atom is 0.265 e. The van der Waals surface area contributed by atoms with E-state index in [2.05, 4.69) is 5.32 Å². The van der Waals surface area contributed by atoms with Gasteiger partial charge in [0.2, 0.25) is 0 Å². The molecule has 0 spiro atoms. The van der Waals surface area contributed by atoms with Crippen LogP contribution in [0.3, 0.4) is 0 Å². The van der Waals surface area contributed by atoms with E-state index in [0.29, 0.717) is 13.1 Å². The Balaban J connectivity index is 2.55. The standard InChI is InChI=1S/C6H13NO5S2/c8-13(9)3-5-1-7-2-6(5)4-14(10,11)12/h5-7H,1-4H2,(H,8,9)(H,10,11,12). The van der Waals surface area contributed by atoms with Crippen molar-refractivity contribution < 1.29 is 21.7 Å². The highest BCUT2D eigenvalue weighted by Gasteiger charge is 2.31. The van der Waals surface area contributed by atoms with Gasteiger partial charge < -0.3 is 9.87 Å². The van der Waals surface area contributed by atoms with E-state index in [1.807, 2.05) is 0 Å². The van der Waals surface area contributed by atoms with Crippen molar-refractivity contribution in [1.82, 2.24) is 5.32 Å². The number of nitrogens with one attached hydrogen (secondary N) is 1. The molecule has 1 aliphatic rings. The van der Waals surface area contributed by atoms with Crippen LogP contribution in [0.1, 0.15) is 0 Å². The van der Waals surface area contributed by atoms with Crippen molar-refractivity contribution in [2.75, 3.05) is 24.6 Å². The molecule has 0 saturated carbocycles. The summed E-state index contributed by atoms with van der Waals surface area (Å²) in [6.45, 7) is 0.980. The molecule has 1 fully saturated rings. The van der Waals surface area contributed by atoms with Crippen LogP contribution >= 0.6 is 0 Å². The lowest BCUT2D eigenvalue weighted by atomic mass is 10.0. The van der Waals surface area contributed by atoms with E-state index in [-0.39, 0.29) is 23.3 Å². The summed E-state index contributed by atoms with van der Waals surface area (Å²) in [6, 6.07) is 0. The molecule has 8 heteroatoms. The van der Waals surface area contributed by atoms with Gasteiger partial charge in [-0.2, -0.15) is 8.42 Å². The Morgan fingerprint density at radius 2 is 1.93 bits per heavy atom. The summed E-state index contributed by atoms with van der Waals surface area (Å²) in [5.41, 5.74) is 0. The molecular formula is C6H13NO5S2. The molecule has 3 N–H and O–H groups in total. The van der Waals surface area contributed by atoms with Crippen LogP contribution in [0.4, 0.5) is 0 Å². The lowest BCUT2D eigenvalue weighted by Crippen LogP contribution is -2.25. The largest absolute Gasteiger partial charge is 0.316 e. The van der Waals surface area contributed by atoms with Crippen LogP contribution in [-0.4, -0.2) is 46.3 Å². The molecule has 1 saturated heterocycles. The molecule has 0 bridgehead atoms. The molecule has 3 unspecified atom stereocenters. The predicted octanol–water partition coefficient (Wildman–Crippen LogP) is -1.07. The molecule has 6 nitrogen and oxygen atoms in total. The Hall–Kier alpha value is -0.0200. The molecule has 1 rings (SSSR count). The van der Waals surface area contributed by atoms with E-state index < -0.39 is 21.2 Å². The van der Waals surface area contributed by atoms with Gasteiger partial charge in [0.25, 0.3) is 10.1 Å². The minimum Gasteiger partial charge on any atom is -0.316 e. The molecule has 3 atom stereocenters. The van der Waals surface area contributed by atoms with E-state index >= 15 is 0 Å². The third-order valence-corrected chi connectivity index (χ3v) is 3.82. The molecule has 0 aromatic rings. The van der Waals surface area contributed by atoms with Crippen LogP contribution in [0.2, 0.25) is 0 Å². The summed E-state index contributed by atoms with van der Waals surface area (Å²) >= 11 is -1.92. The molecule has 0 aromatic heterocycles. The van der Waals surface area contributed by atoms with Gasteiger partial charge in [0.1, 0.15) is 0 Å². The zero-order chi connectivity index (χ0) is 10.8. The quantitative estimate of drug-likeness (QED) is 0.429. The molecule has 0 aliphatic carbocycles. The SMILES string of the molecule is O=S(O)CC1CNCC1CS(=O)(=O)O. The smallest absolute Gasteiger partial charge is 0.265 e. The molecule has 0 aromatic carbocycles. The van der Waals surface area contributed by atoms with Crippen LogP contribution < -0.4 is 5.32 Å². The molecule has 84 valence electrons. The van der Waals surface area contributed by atoms with Gasteiger partial charge in [-0.1, -0.05) is 0 Å². The summed E-state index contributed by atoms with van der Waals surface area (Å²) in [5.74, 6) is -0.737. The van der Waals surface area contributed by atoms with Crippen LogP contribution in [0.15, 0.2) is 0 Å². The first-order valence-electron chi connectivity index (χ1n) is 4.12. The van der Waals surface area contributed by atoms with Gasteiger partial charge in [-0.25, -0.2) is 4.21 Å². The Morgan fingerprint density at radius 1 is 1.36 bits per heavy atom. The Labute approximate surface area is 85.1 Å². The van der Waals surface area contributed by atoms with Crippen LogP contribution in [0.25, 0.3) is 0 Å². The highest BCUT2D eigenvalue weighted by Crippen LogP contribution is 2.19. The van der Waals surface area contributed by atoms with E-state index in [1.165, 1.54) is 0 Å². The summed E-state index contributed by atoms with van der Waals surface area (Å²) in [5, 5.41) is 2.93. The number of hydrogen-bond acceptors (Lipinski definition) is 4. The monoisotopic (exact) mass is 243 g/mol. The highest BCUT2D eigenvalue weighted by atomic mass is 32.2. The van der Waals surface area contributed by atoms with E-state index in [9.17, 15) is 12.6 Å². The average Bonchev–Trinajstić information content (AvgIpc) is 2.32. The van der Waals surface area contributed by atoms with Crippen molar-refractivity contribution in [3.05, 3.63) is 0 Å². The second-order valence-corrected chi connectivity index (χ2v) is 5.89. The van der Waals surface area contributed by atoms with Crippen molar-refractivity contribution in [3.8, 4) is 0 Å². The van der Waals surface area contributed by atoms with E-state index in [1.54, 1.807) is 0 Å². The van der Waals surface area contributed by atoms with Gasteiger partial charge in [0, 0.05) is 0 Å². The number of hydrogen-bond donors (Lipinski definition) is 3. The van der Waals surface area contributed by atoms with E-state index in [0.717, 1.165) is 0 Å². The third-order valence-electron chi connectivity index (χ3n) is 2.26. The Kier molecular flexibility index (Phi) is 4.02. The maximum atomic E-state index is 10.6. The van der Waals surface area contributed by atoms with Crippen molar-refractivity contribution in [2.45, 2.75) is 0 Å². The van der Waals surface area contributed by atoms with Gasteiger partial charge >= 0.3 is 0 Å². The van der Waals surface area contributed by atoms with Gasteiger partial charge in [0.15, 0.2) is 11.1 Å². The first kappa shape index (κ1) is 12.1. The summed E-state index contributed by atoms with van der Waals surface area (Å²) < 4.78 is 49.1. The molecular weight excluding hydrogens is 230 g/mol. The Morgan fingerprint density at radius 3 is 2.43 bits per heavy atom. The fraction of sp³-hybridized carbons (Fsp3) is 1.00. The maximum absolute atomic E-state index is 10.6. The predicted molar refractivity (Wildman–Crippen MR) is 51.9 cm³/mol. The van der Waals surface area contributed by atoms with Crippen molar-refractivity contribution in [1.29, 1.82) is 0 Å². The summed E-state index contributed by atoms with van der Waals surface area (Å²) in [4.78, 5) is 0. The first-order valence-corrected chi connectivity index (χ1v) is 7.00. The van der Waals surface area contributed by atoms with Crippen LogP contribution in [-0.2, 0) is 21.2 Å². The lowest BCUT2D eigenvalue weighted by Gasteiger charge is -2.14. The Bertz CT molecular complexity index is 314. The molecule has 0 radical (unpaired) electrons. The normalized spacial score (nSPS) is 30.4. The molecule has 1 aliphatic heterocycles. The minimum absolute atomic E-state index is 0.0488. The van der Waals surface area contributed by atoms with Gasteiger partial charge in [-0.3, -0.25) is 4.55 Å². The van der Waals surface area contributed by atoms with E-state index in [4.69, 9.17) is 9.11 Å². The van der Waals surface area contributed by atoms with Crippen LogP contribution in [0, 0.1) is 11.8 Å². The molecule has 14 heavy (non-hydrogen) atoms. The zero-order valence-electron chi connectivity index (χ0n) is 7.42. The molecule has 1 heterocycles.